The molecule has 0 spiro atoms. The van der Waals surface area contributed by atoms with Gasteiger partial charge in [0, 0.05) is 11.4 Å². The third kappa shape index (κ3) is 6.76. The number of nitriles is 1. The van der Waals surface area contributed by atoms with E-state index in [-0.39, 0.29) is 29.4 Å². The molecule has 7 nitrogen and oxygen atoms in total. The molecule has 3 aromatic rings. The summed E-state index contributed by atoms with van der Waals surface area (Å²) in [4.78, 5) is 14.0. The molecule has 4 rings (SSSR count). The van der Waals surface area contributed by atoms with Gasteiger partial charge < -0.3 is 14.6 Å². The summed E-state index contributed by atoms with van der Waals surface area (Å²) in [5.74, 6) is 0.843. The largest absolute Gasteiger partial charge is 0.486 e. The summed E-state index contributed by atoms with van der Waals surface area (Å²) in [7, 11) is 0. The van der Waals surface area contributed by atoms with E-state index < -0.39 is 11.7 Å². The SMILES string of the molecule is CCn1c(COc2cccc(C(F)(F)F)c2)nnc1SCC(=O)Nc1sc2c(c1C#N)CCC(C(C)(C)C)C2. The smallest absolute Gasteiger partial charge is 0.416 e. The van der Waals surface area contributed by atoms with Gasteiger partial charge in [0.25, 0.3) is 0 Å². The van der Waals surface area contributed by atoms with Crippen LogP contribution in [-0.2, 0) is 37.0 Å². The fraction of sp³-hybridized carbons (Fsp3) is 0.481. The van der Waals surface area contributed by atoms with Gasteiger partial charge in [0.1, 0.15) is 23.4 Å². The van der Waals surface area contributed by atoms with Crippen molar-refractivity contribution >= 4 is 34.0 Å². The van der Waals surface area contributed by atoms with Crippen LogP contribution in [0.1, 0.15) is 61.5 Å². The number of fused-ring (bicyclic) bond motifs is 1. The summed E-state index contributed by atoms with van der Waals surface area (Å²) >= 11 is 2.69. The van der Waals surface area contributed by atoms with Crippen LogP contribution in [0.3, 0.4) is 0 Å². The molecule has 12 heteroatoms. The number of carbonyl (C=O) groups excluding carboxylic acids is 1. The number of anilines is 1. The van der Waals surface area contributed by atoms with Crippen molar-refractivity contribution in [2.75, 3.05) is 11.1 Å². The van der Waals surface area contributed by atoms with Gasteiger partial charge in [-0.1, -0.05) is 38.6 Å². The molecule has 1 aliphatic carbocycles. The van der Waals surface area contributed by atoms with E-state index in [1.807, 2.05) is 6.92 Å². The van der Waals surface area contributed by atoms with Gasteiger partial charge in [-0.15, -0.1) is 21.5 Å². The van der Waals surface area contributed by atoms with E-state index in [9.17, 15) is 23.2 Å². The van der Waals surface area contributed by atoms with Crippen molar-refractivity contribution in [2.45, 2.75) is 71.4 Å². The minimum Gasteiger partial charge on any atom is -0.486 e. The minimum atomic E-state index is -4.46. The number of hydrogen-bond donors (Lipinski definition) is 1. The number of aromatic nitrogens is 3. The van der Waals surface area contributed by atoms with Crippen LogP contribution in [-0.4, -0.2) is 26.4 Å². The van der Waals surface area contributed by atoms with Crippen molar-refractivity contribution in [3.8, 4) is 11.8 Å². The average Bonchev–Trinajstić information content (AvgIpc) is 3.44. The predicted octanol–water partition coefficient (Wildman–Crippen LogP) is 6.71. The van der Waals surface area contributed by atoms with Crippen LogP contribution >= 0.6 is 23.1 Å². The Morgan fingerprint density at radius 1 is 1.31 bits per heavy atom. The summed E-state index contributed by atoms with van der Waals surface area (Å²) in [6, 6.07) is 6.94. The molecule has 1 unspecified atom stereocenters. The van der Waals surface area contributed by atoms with Crippen LogP contribution in [0.5, 0.6) is 5.75 Å². The number of alkyl halides is 3. The zero-order valence-electron chi connectivity index (χ0n) is 22.2. The van der Waals surface area contributed by atoms with Crippen molar-refractivity contribution in [3.05, 3.63) is 51.7 Å². The first kappa shape index (κ1) is 29.0. The molecule has 0 saturated carbocycles. The molecule has 0 saturated heterocycles. The number of rotatable bonds is 8. The van der Waals surface area contributed by atoms with Gasteiger partial charge in [-0.2, -0.15) is 18.4 Å². The monoisotopic (exact) mass is 577 g/mol. The summed E-state index contributed by atoms with van der Waals surface area (Å²) in [6.07, 6.45) is -1.68. The van der Waals surface area contributed by atoms with Gasteiger partial charge in [-0.3, -0.25) is 4.79 Å². The standard InChI is InChI=1S/C27H30F3N5O2S2/c1-5-35-22(14-37-18-8-6-7-17(11-18)27(28,29)30)33-34-25(35)38-15-23(36)32-24-20(13-31)19-10-9-16(26(2,3)4)12-21(19)39-24/h6-8,11,16H,5,9-10,12,14-15H2,1-4H3,(H,32,36). The fourth-order valence-electron chi connectivity index (χ4n) is 4.58. The third-order valence-corrected chi connectivity index (χ3v) is 8.96. The Kier molecular flexibility index (Phi) is 8.61. The average molecular weight is 578 g/mol. The number of ether oxygens (including phenoxy) is 1. The van der Waals surface area contributed by atoms with Crippen LogP contribution in [0.2, 0.25) is 0 Å². The molecule has 2 heterocycles. The molecule has 1 amide bonds. The van der Waals surface area contributed by atoms with Gasteiger partial charge in [0.2, 0.25) is 5.91 Å². The molecule has 2 aromatic heterocycles. The van der Waals surface area contributed by atoms with Crippen LogP contribution in [0.15, 0.2) is 29.4 Å². The van der Waals surface area contributed by atoms with E-state index in [2.05, 4.69) is 42.4 Å². The number of nitrogens with one attached hydrogen (secondary N) is 1. The maximum absolute atomic E-state index is 13.0. The van der Waals surface area contributed by atoms with Crippen LogP contribution in [0.4, 0.5) is 18.2 Å². The molecule has 0 bridgehead atoms. The van der Waals surface area contributed by atoms with E-state index in [0.717, 1.165) is 37.0 Å². The lowest BCUT2D eigenvalue weighted by Crippen LogP contribution is -2.26. The number of hydrogen-bond acceptors (Lipinski definition) is 7. The highest BCUT2D eigenvalue weighted by atomic mass is 32.2. The molecule has 39 heavy (non-hydrogen) atoms. The van der Waals surface area contributed by atoms with Gasteiger partial charge in [-0.05, 0) is 61.3 Å². The zero-order chi connectivity index (χ0) is 28.4. The number of thioether (sulfide) groups is 1. The Bertz CT molecular complexity index is 1390. The molecule has 0 fully saturated rings. The summed E-state index contributed by atoms with van der Waals surface area (Å²) in [5.41, 5.74) is 1.01. The van der Waals surface area contributed by atoms with Gasteiger partial charge in [0.15, 0.2) is 11.0 Å². The predicted molar refractivity (Wildman–Crippen MR) is 145 cm³/mol. The lowest BCUT2D eigenvalue weighted by Gasteiger charge is -2.33. The van der Waals surface area contributed by atoms with Crippen molar-refractivity contribution in [2.24, 2.45) is 11.3 Å². The highest BCUT2D eigenvalue weighted by molar-refractivity contribution is 7.99. The molecule has 1 atom stereocenters. The topological polar surface area (TPSA) is 92.8 Å². The number of halogens is 3. The number of thiophene rings is 1. The second-order valence-electron chi connectivity index (χ2n) is 10.4. The van der Waals surface area contributed by atoms with E-state index in [0.29, 0.717) is 34.0 Å². The second-order valence-corrected chi connectivity index (χ2v) is 12.5. The van der Waals surface area contributed by atoms with Crippen molar-refractivity contribution in [3.63, 3.8) is 0 Å². The number of benzene rings is 1. The minimum absolute atomic E-state index is 0.0602. The number of carbonyl (C=O) groups is 1. The lowest BCUT2D eigenvalue weighted by molar-refractivity contribution is -0.137. The first-order chi connectivity index (χ1) is 18.4. The fourth-order valence-corrected chi connectivity index (χ4v) is 6.70. The maximum atomic E-state index is 13.0. The van der Waals surface area contributed by atoms with Crippen LogP contribution in [0, 0.1) is 22.7 Å². The first-order valence-corrected chi connectivity index (χ1v) is 14.4. The molecule has 1 N–H and O–H groups in total. The molecule has 1 aromatic carbocycles. The van der Waals surface area contributed by atoms with Crippen LogP contribution in [0.25, 0.3) is 0 Å². The number of nitrogens with zero attached hydrogens (tertiary/aromatic N) is 4. The normalized spacial score (nSPS) is 15.5. The Morgan fingerprint density at radius 3 is 2.74 bits per heavy atom. The molecule has 1 aliphatic rings. The van der Waals surface area contributed by atoms with E-state index >= 15 is 0 Å². The highest BCUT2D eigenvalue weighted by Gasteiger charge is 2.33. The summed E-state index contributed by atoms with van der Waals surface area (Å²) in [6.45, 7) is 9.00. The van der Waals surface area contributed by atoms with Gasteiger partial charge in [-0.25, -0.2) is 0 Å². The van der Waals surface area contributed by atoms with Gasteiger partial charge >= 0.3 is 6.18 Å². The number of amides is 1. The molecule has 0 radical (unpaired) electrons. The Balaban J connectivity index is 1.38. The first-order valence-electron chi connectivity index (χ1n) is 12.6. The zero-order valence-corrected chi connectivity index (χ0v) is 23.8. The molecular weight excluding hydrogens is 547 g/mol. The van der Waals surface area contributed by atoms with Crippen molar-refractivity contribution < 1.29 is 22.7 Å². The quantitative estimate of drug-likeness (QED) is 0.299. The van der Waals surface area contributed by atoms with E-state index in [1.165, 1.54) is 40.1 Å². The van der Waals surface area contributed by atoms with Crippen molar-refractivity contribution in [1.82, 2.24) is 14.8 Å². The molecule has 0 aliphatic heterocycles. The Morgan fingerprint density at radius 2 is 2.08 bits per heavy atom. The lowest BCUT2D eigenvalue weighted by atomic mass is 9.72. The van der Waals surface area contributed by atoms with Gasteiger partial charge in [0.05, 0.1) is 16.9 Å². The highest BCUT2D eigenvalue weighted by Crippen LogP contribution is 2.44. The second kappa shape index (κ2) is 11.6. The van der Waals surface area contributed by atoms with E-state index in [4.69, 9.17) is 4.74 Å². The summed E-state index contributed by atoms with van der Waals surface area (Å²) in [5, 5.41) is 22.0. The summed E-state index contributed by atoms with van der Waals surface area (Å²) < 4.78 is 46.2. The molecular formula is C27H30F3N5O2S2. The van der Waals surface area contributed by atoms with Crippen molar-refractivity contribution in [1.29, 1.82) is 5.26 Å². The third-order valence-electron chi connectivity index (χ3n) is 6.83. The van der Waals surface area contributed by atoms with E-state index in [1.54, 1.807) is 4.57 Å². The molecule has 208 valence electrons. The maximum Gasteiger partial charge on any atom is 0.416 e. The Labute approximate surface area is 233 Å². The Hall–Kier alpha value is -3.04. The van der Waals surface area contributed by atoms with Crippen LogP contribution < -0.4 is 10.1 Å².